The third kappa shape index (κ3) is 3.74. The van der Waals surface area contributed by atoms with Gasteiger partial charge in [0.1, 0.15) is 10.6 Å². The van der Waals surface area contributed by atoms with Crippen LogP contribution in [0.1, 0.15) is 6.92 Å². The lowest BCUT2D eigenvalue weighted by atomic mass is 10.3. The lowest BCUT2D eigenvalue weighted by Crippen LogP contribution is -2.35. The van der Waals surface area contributed by atoms with Crippen LogP contribution in [-0.4, -0.2) is 35.2 Å². The van der Waals surface area contributed by atoms with Gasteiger partial charge in [0.05, 0.1) is 18.4 Å². The Morgan fingerprint density at radius 2 is 2.14 bits per heavy atom. The van der Waals surface area contributed by atoms with Crippen molar-refractivity contribution in [1.29, 1.82) is 0 Å². The van der Waals surface area contributed by atoms with Crippen LogP contribution in [0.5, 0.6) is 5.75 Å². The molecule has 21 heavy (non-hydrogen) atoms. The first-order valence-corrected chi connectivity index (χ1v) is 9.39. The molecular formula is C12H16N2O5S2. The van der Waals surface area contributed by atoms with E-state index in [4.69, 9.17) is 10.5 Å². The van der Waals surface area contributed by atoms with Gasteiger partial charge in [-0.05, 0) is 25.1 Å². The van der Waals surface area contributed by atoms with E-state index < -0.39 is 25.9 Å². The van der Waals surface area contributed by atoms with E-state index >= 15 is 0 Å². The zero-order valence-electron chi connectivity index (χ0n) is 11.3. The van der Waals surface area contributed by atoms with Gasteiger partial charge in [0.2, 0.25) is 10.0 Å². The van der Waals surface area contributed by atoms with E-state index in [0.29, 0.717) is 6.61 Å². The Hall–Kier alpha value is -1.58. The van der Waals surface area contributed by atoms with Gasteiger partial charge in [0, 0.05) is 11.1 Å². The molecule has 0 fully saturated rings. The Morgan fingerprint density at radius 1 is 1.43 bits per heavy atom. The molecule has 0 bridgehead atoms. The van der Waals surface area contributed by atoms with Crippen LogP contribution in [0.2, 0.25) is 0 Å². The highest BCUT2D eigenvalue weighted by Crippen LogP contribution is 2.27. The van der Waals surface area contributed by atoms with Crippen LogP contribution in [0.4, 0.5) is 5.69 Å². The normalized spacial score (nSPS) is 20.5. The number of rotatable bonds is 5. The average molecular weight is 332 g/mol. The molecule has 1 heterocycles. The molecule has 7 nitrogen and oxygen atoms in total. The molecular weight excluding hydrogens is 316 g/mol. The molecule has 1 aromatic rings. The van der Waals surface area contributed by atoms with Crippen molar-refractivity contribution >= 4 is 25.5 Å². The van der Waals surface area contributed by atoms with Gasteiger partial charge in [0.15, 0.2) is 9.84 Å². The van der Waals surface area contributed by atoms with Gasteiger partial charge in [-0.3, -0.25) is 0 Å². The standard InChI is InChI=1S/C12H16N2O5S2/c1-2-19-11-4-3-9(13)7-12(11)21(17,18)14-10-5-6-20(15,16)8-10/h3-7,10,14H,2,8,13H2,1H3. The topological polar surface area (TPSA) is 116 Å². The molecule has 1 aliphatic heterocycles. The Labute approximate surface area is 123 Å². The fourth-order valence-electron chi connectivity index (χ4n) is 1.92. The van der Waals surface area contributed by atoms with Crippen LogP contribution in [-0.2, 0) is 19.9 Å². The minimum Gasteiger partial charge on any atom is -0.492 e. The van der Waals surface area contributed by atoms with Gasteiger partial charge < -0.3 is 10.5 Å². The highest BCUT2D eigenvalue weighted by molar-refractivity contribution is 7.94. The van der Waals surface area contributed by atoms with E-state index in [-0.39, 0.29) is 22.1 Å². The largest absolute Gasteiger partial charge is 0.492 e. The van der Waals surface area contributed by atoms with E-state index in [1.54, 1.807) is 6.92 Å². The van der Waals surface area contributed by atoms with Gasteiger partial charge in [-0.1, -0.05) is 6.08 Å². The monoisotopic (exact) mass is 332 g/mol. The van der Waals surface area contributed by atoms with Crippen molar-refractivity contribution in [2.24, 2.45) is 0 Å². The van der Waals surface area contributed by atoms with Crippen molar-refractivity contribution in [3.05, 3.63) is 29.7 Å². The van der Waals surface area contributed by atoms with Crippen molar-refractivity contribution < 1.29 is 21.6 Å². The predicted octanol–water partition coefficient (Wildman–Crippen LogP) is 0.257. The number of benzene rings is 1. The highest BCUT2D eigenvalue weighted by atomic mass is 32.2. The number of hydrogen-bond acceptors (Lipinski definition) is 6. The molecule has 0 amide bonds. The van der Waals surface area contributed by atoms with Crippen molar-refractivity contribution in [2.45, 2.75) is 17.9 Å². The number of nitrogens with two attached hydrogens (primary N) is 1. The van der Waals surface area contributed by atoms with Crippen LogP contribution in [0.3, 0.4) is 0 Å². The van der Waals surface area contributed by atoms with Crippen LogP contribution >= 0.6 is 0 Å². The second-order valence-electron chi connectivity index (χ2n) is 4.53. The smallest absolute Gasteiger partial charge is 0.244 e. The molecule has 2 rings (SSSR count). The molecule has 9 heteroatoms. The number of sulfone groups is 1. The molecule has 1 aliphatic rings. The molecule has 116 valence electrons. The molecule has 1 aromatic carbocycles. The molecule has 0 aromatic heterocycles. The number of hydrogen-bond donors (Lipinski definition) is 2. The third-order valence-electron chi connectivity index (χ3n) is 2.79. The van der Waals surface area contributed by atoms with Gasteiger partial charge in [-0.2, -0.15) is 0 Å². The Balaban J connectivity index is 2.32. The van der Waals surface area contributed by atoms with Gasteiger partial charge in [0.25, 0.3) is 0 Å². The van der Waals surface area contributed by atoms with E-state index in [1.165, 1.54) is 24.3 Å². The maximum Gasteiger partial charge on any atom is 0.244 e. The van der Waals surface area contributed by atoms with E-state index in [9.17, 15) is 16.8 Å². The minimum atomic E-state index is -3.94. The summed E-state index contributed by atoms with van der Waals surface area (Å²) in [5.41, 5.74) is 5.89. The first kappa shape index (κ1) is 15.8. The van der Waals surface area contributed by atoms with Crippen LogP contribution in [0, 0.1) is 0 Å². The number of nitrogens with one attached hydrogen (secondary N) is 1. The minimum absolute atomic E-state index is 0.109. The molecule has 0 aliphatic carbocycles. The quantitative estimate of drug-likeness (QED) is 0.747. The predicted molar refractivity (Wildman–Crippen MR) is 79.1 cm³/mol. The van der Waals surface area contributed by atoms with Crippen molar-refractivity contribution in [3.8, 4) is 5.75 Å². The van der Waals surface area contributed by atoms with Crippen LogP contribution in [0.15, 0.2) is 34.6 Å². The Bertz CT molecular complexity index is 769. The average Bonchev–Trinajstić information content (AvgIpc) is 2.70. The fourth-order valence-corrected chi connectivity index (χ4v) is 4.63. The van der Waals surface area contributed by atoms with Crippen molar-refractivity contribution in [2.75, 3.05) is 18.1 Å². The first-order valence-electron chi connectivity index (χ1n) is 6.19. The molecule has 1 atom stereocenters. The summed E-state index contributed by atoms with van der Waals surface area (Å²) >= 11 is 0. The Morgan fingerprint density at radius 3 is 2.71 bits per heavy atom. The summed E-state index contributed by atoms with van der Waals surface area (Å²) < 4.78 is 55.0. The van der Waals surface area contributed by atoms with Gasteiger partial charge in [-0.25, -0.2) is 21.6 Å². The number of anilines is 1. The summed E-state index contributed by atoms with van der Waals surface area (Å²) in [4.78, 5) is -0.109. The summed E-state index contributed by atoms with van der Waals surface area (Å²) in [6, 6.07) is 3.48. The van der Waals surface area contributed by atoms with Gasteiger partial charge in [-0.15, -0.1) is 0 Å². The lowest BCUT2D eigenvalue weighted by Gasteiger charge is -2.14. The highest BCUT2D eigenvalue weighted by Gasteiger charge is 2.28. The SMILES string of the molecule is CCOc1ccc(N)cc1S(=O)(=O)NC1C=CS(=O)(=O)C1. The molecule has 0 saturated carbocycles. The van der Waals surface area contributed by atoms with Crippen molar-refractivity contribution in [3.63, 3.8) is 0 Å². The van der Waals surface area contributed by atoms with E-state index in [0.717, 1.165) is 5.41 Å². The molecule has 0 saturated heterocycles. The summed E-state index contributed by atoms with van der Waals surface area (Å²) in [5, 5.41) is 1.00. The zero-order chi connectivity index (χ0) is 15.7. The molecule has 3 N–H and O–H groups in total. The summed E-state index contributed by atoms with van der Waals surface area (Å²) in [6.07, 6.45) is 1.31. The first-order chi connectivity index (χ1) is 9.73. The van der Waals surface area contributed by atoms with E-state index in [1.807, 2.05) is 0 Å². The summed E-state index contributed by atoms with van der Waals surface area (Å²) in [5.74, 6) is -0.123. The van der Waals surface area contributed by atoms with Crippen LogP contribution < -0.4 is 15.2 Å². The number of ether oxygens (including phenoxy) is 1. The number of nitrogen functional groups attached to an aromatic ring is 1. The maximum atomic E-state index is 12.4. The molecule has 1 unspecified atom stereocenters. The zero-order valence-corrected chi connectivity index (χ0v) is 12.9. The molecule has 0 radical (unpaired) electrons. The summed E-state index contributed by atoms with van der Waals surface area (Å²) in [7, 11) is -7.28. The summed E-state index contributed by atoms with van der Waals surface area (Å²) in [6.45, 7) is 2.02. The van der Waals surface area contributed by atoms with Gasteiger partial charge >= 0.3 is 0 Å². The second kappa shape index (κ2) is 5.66. The molecule has 0 spiro atoms. The maximum absolute atomic E-state index is 12.4. The lowest BCUT2D eigenvalue weighted by molar-refractivity contribution is 0.331. The van der Waals surface area contributed by atoms with E-state index in [2.05, 4.69) is 4.72 Å². The van der Waals surface area contributed by atoms with Crippen LogP contribution in [0.25, 0.3) is 0 Å². The van der Waals surface area contributed by atoms with Crippen molar-refractivity contribution in [1.82, 2.24) is 4.72 Å². The second-order valence-corrected chi connectivity index (χ2v) is 8.14. The number of sulfonamides is 1. The third-order valence-corrected chi connectivity index (χ3v) is 5.70. The Kier molecular flexibility index (Phi) is 4.26. The fraction of sp³-hybridized carbons (Fsp3) is 0.333.